The molecule has 8 heteroatoms. The van der Waals surface area contributed by atoms with E-state index in [0.29, 0.717) is 5.75 Å². The summed E-state index contributed by atoms with van der Waals surface area (Å²) >= 11 is 0. The normalized spacial score (nSPS) is 16.5. The van der Waals surface area contributed by atoms with Gasteiger partial charge in [-0.25, -0.2) is 8.42 Å². The zero-order chi connectivity index (χ0) is 14.9. The Balaban J connectivity index is 2.29. The monoisotopic (exact) mass is 301 g/mol. The van der Waals surface area contributed by atoms with Crippen LogP contribution in [0.1, 0.15) is 0 Å². The largest absolute Gasteiger partial charge is 0.497 e. The molecule has 0 atom stereocenters. The van der Waals surface area contributed by atoms with Crippen LogP contribution in [0.5, 0.6) is 11.5 Å². The van der Waals surface area contributed by atoms with Gasteiger partial charge >= 0.3 is 5.97 Å². The molecule has 7 nitrogen and oxygen atoms in total. The lowest BCUT2D eigenvalue weighted by Gasteiger charge is -2.35. The van der Waals surface area contributed by atoms with Gasteiger partial charge in [-0.05, 0) is 12.1 Å². The highest BCUT2D eigenvalue weighted by atomic mass is 32.2. The summed E-state index contributed by atoms with van der Waals surface area (Å²) in [7, 11) is -0.914. The summed E-state index contributed by atoms with van der Waals surface area (Å²) in [4.78, 5) is 10.7. The molecule has 0 saturated carbocycles. The molecule has 0 radical (unpaired) electrons. The molecule has 0 bridgehead atoms. The average Bonchev–Trinajstić information content (AvgIpc) is 2.35. The van der Waals surface area contributed by atoms with Gasteiger partial charge in [-0.2, -0.15) is 4.31 Å². The number of carboxylic acids is 1. The molecular weight excluding hydrogens is 286 g/mol. The number of aliphatic carboxylic acids is 1. The molecule has 2 rings (SSSR count). The molecule has 1 N–H and O–H groups in total. The Morgan fingerprint density at radius 3 is 2.45 bits per heavy atom. The Labute approximate surface area is 116 Å². The zero-order valence-electron chi connectivity index (χ0n) is 11.1. The van der Waals surface area contributed by atoms with Crippen molar-refractivity contribution < 1.29 is 27.8 Å². The molecule has 110 valence electrons. The van der Waals surface area contributed by atoms with E-state index in [2.05, 4.69) is 0 Å². The molecule has 1 aliphatic rings. The van der Waals surface area contributed by atoms with Crippen LogP contribution < -0.4 is 9.47 Å². The van der Waals surface area contributed by atoms with Crippen molar-refractivity contribution in [2.45, 2.75) is 4.90 Å². The van der Waals surface area contributed by atoms with Crippen molar-refractivity contribution in [2.24, 2.45) is 5.92 Å². The second-order valence-electron chi connectivity index (χ2n) is 4.37. The highest BCUT2D eigenvalue weighted by molar-refractivity contribution is 7.89. The predicted octanol–water partition coefficient (Wildman–Crippen LogP) is 0.409. The van der Waals surface area contributed by atoms with E-state index < -0.39 is 21.9 Å². The number of hydrogen-bond acceptors (Lipinski definition) is 5. The van der Waals surface area contributed by atoms with Crippen LogP contribution in [0.3, 0.4) is 0 Å². The fraction of sp³-hybridized carbons (Fsp3) is 0.417. The quantitative estimate of drug-likeness (QED) is 0.846. The van der Waals surface area contributed by atoms with Crippen LogP contribution in [0.15, 0.2) is 23.1 Å². The number of sulfonamides is 1. The van der Waals surface area contributed by atoms with Gasteiger partial charge in [-0.3, -0.25) is 4.79 Å². The third-order valence-corrected chi connectivity index (χ3v) is 5.06. The smallest absolute Gasteiger partial charge is 0.309 e. The van der Waals surface area contributed by atoms with Crippen LogP contribution in [0.25, 0.3) is 0 Å². The van der Waals surface area contributed by atoms with Gasteiger partial charge in [0.15, 0.2) is 0 Å². The van der Waals surface area contributed by atoms with Gasteiger partial charge in [0.1, 0.15) is 16.4 Å². The second-order valence-corrected chi connectivity index (χ2v) is 6.28. The topological polar surface area (TPSA) is 93.1 Å². The molecule has 1 saturated heterocycles. The minimum absolute atomic E-state index is 0.00430. The van der Waals surface area contributed by atoms with E-state index in [9.17, 15) is 13.2 Å². The maximum Gasteiger partial charge on any atom is 0.309 e. The third-order valence-electron chi connectivity index (χ3n) is 3.19. The van der Waals surface area contributed by atoms with Gasteiger partial charge < -0.3 is 14.6 Å². The first kappa shape index (κ1) is 14.6. The average molecular weight is 301 g/mol. The lowest BCUT2D eigenvalue weighted by atomic mass is 10.0. The van der Waals surface area contributed by atoms with Gasteiger partial charge in [0.05, 0.1) is 20.1 Å². The SMILES string of the molecule is COc1ccc(S(=O)(=O)N2CC(C(=O)O)C2)c(OC)c1. The second kappa shape index (κ2) is 5.29. The van der Waals surface area contributed by atoms with E-state index >= 15 is 0 Å². The summed E-state index contributed by atoms with van der Waals surface area (Å²) in [6, 6.07) is 4.38. The van der Waals surface area contributed by atoms with Crippen molar-refractivity contribution in [1.29, 1.82) is 0 Å². The molecule has 0 unspecified atom stereocenters. The fourth-order valence-electron chi connectivity index (χ4n) is 1.92. The van der Waals surface area contributed by atoms with E-state index in [1.54, 1.807) is 0 Å². The molecule has 0 aliphatic carbocycles. The molecular formula is C12H15NO6S. The minimum Gasteiger partial charge on any atom is -0.497 e. The first-order chi connectivity index (χ1) is 9.40. The molecule has 0 amide bonds. The number of hydrogen-bond donors (Lipinski definition) is 1. The maximum absolute atomic E-state index is 12.4. The van der Waals surface area contributed by atoms with Crippen molar-refractivity contribution in [3.63, 3.8) is 0 Å². The minimum atomic E-state index is -3.75. The molecule has 1 fully saturated rings. The summed E-state index contributed by atoms with van der Waals surface area (Å²) in [6.45, 7) is -0.0420. The summed E-state index contributed by atoms with van der Waals surface area (Å²) < 4.78 is 35.9. The summed E-state index contributed by atoms with van der Waals surface area (Å²) in [5.41, 5.74) is 0. The van der Waals surface area contributed by atoms with Gasteiger partial charge in [0.2, 0.25) is 10.0 Å². The van der Waals surface area contributed by atoms with Crippen LogP contribution in [-0.4, -0.2) is 51.1 Å². The molecule has 1 aromatic rings. The van der Waals surface area contributed by atoms with E-state index in [-0.39, 0.29) is 23.7 Å². The van der Waals surface area contributed by atoms with Crippen molar-refractivity contribution in [3.8, 4) is 11.5 Å². The Morgan fingerprint density at radius 2 is 1.95 bits per heavy atom. The van der Waals surface area contributed by atoms with Crippen LogP contribution in [0, 0.1) is 5.92 Å². The van der Waals surface area contributed by atoms with Gasteiger partial charge in [0, 0.05) is 19.2 Å². The van der Waals surface area contributed by atoms with Gasteiger partial charge in [-0.1, -0.05) is 0 Å². The predicted molar refractivity (Wildman–Crippen MR) is 69.4 cm³/mol. The van der Waals surface area contributed by atoms with Crippen LogP contribution in [0.2, 0.25) is 0 Å². The Morgan fingerprint density at radius 1 is 1.30 bits per heavy atom. The molecule has 0 aromatic heterocycles. The molecule has 1 heterocycles. The number of methoxy groups -OCH3 is 2. The highest BCUT2D eigenvalue weighted by Gasteiger charge is 2.41. The van der Waals surface area contributed by atoms with Gasteiger partial charge in [0.25, 0.3) is 0 Å². The lowest BCUT2D eigenvalue weighted by molar-refractivity contribution is -0.145. The fourth-order valence-corrected chi connectivity index (χ4v) is 3.58. The maximum atomic E-state index is 12.4. The third kappa shape index (κ3) is 2.44. The summed E-state index contributed by atoms with van der Waals surface area (Å²) in [5.74, 6) is -0.983. The number of carboxylic acid groups (broad SMARTS) is 1. The molecule has 1 aliphatic heterocycles. The molecule has 20 heavy (non-hydrogen) atoms. The highest BCUT2D eigenvalue weighted by Crippen LogP contribution is 2.33. The standard InChI is InChI=1S/C12H15NO6S/c1-18-9-3-4-11(10(5-9)19-2)20(16,17)13-6-8(7-13)12(14)15/h3-5,8H,6-7H2,1-2H3,(H,14,15). The van der Waals surface area contributed by atoms with Crippen molar-refractivity contribution >= 4 is 16.0 Å². The summed E-state index contributed by atoms with van der Waals surface area (Å²) in [5, 5.41) is 8.79. The number of ether oxygens (including phenoxy) is 2. The Hall–Kier alpha value is -1.80. The number of rotatable bonds is 5. The van der Waals surface area contributed by atoms with E-state index in [4.69, 9.17) is 14.6 Å². The Kier molecular flexibility index (Phi) is 3.87. The van der Waals surface area contributed by atoms with Crippen molar-refractivity contribution in [3.05, 3.63) is 18.2 Å². The van der Waals surface area contributed by atoms with Crippen molar-refractivity contribution in [1.82, 2.24) is 4.31 Å². The Bertz CT molecular complexity index is 621. The van der Waals surface area contributed by atoms with E-state index in [1.807, 2.05) is 0 Å². The molecule has 1 aromatic carbocycles. The first-order valence-corrected chi connectivity index (χ1v) is 7.29. The van der Waals surface area contributed by atoms with Crippen LogP contribution >= 0.6 is 0 Å². The molecule has 0 spiro atoms. The summed E-state index contributed by atoms with van der Waals surface area (Å²) in [6.07, 6.45) is 0. The van der Waals surface area contributed by atoms with Crippen LogP contribution in [-0.2, 0) is 14.8 Å². The number of benzene rings is 1. The zero-order valence-corrected chi connectivity index (χ0v) is 11.9. The van der Waals surface area contributed by atoms with Crippen LogP contribution in [0.4, 0.5) is 0 Å². The van der Waals surface area contributed by atoms with E-state index in [1.165, 1.54) is 32.4 Å². The van der Waals surface area contributed by atoms with E-state index in [0.717, 1.165) is 4.31 Å². The first-order valence-electron chi connectivity index (χ1n) is 5.85. The number of nitrogens with zero attached hydrogens (tertiary/aromatic N) is 1. The lowest BCUT2D eigenvalue weighted by Crippen LogP contribution is -2.52. The van der Waals surface area contributed by atoms with Gasteiger partial charge in [-0.15, -0.1) is 0 Å². The number of carbonyl (C=O) groups is 1. The van der Waals surface area contributed by atoms with Crippen molar-refractivity contribution in [2.75, 3.05) is 27.3 Å².